The first-order valence-electron chi connectivity index (χ1n) is 6.80. The smallest absolute Gasteiger partial charge is 0.227 e. The van der Waals surface area contributed by atoms with E-state index in [1.165, 1.54) is 14.0 Å². The Morgan fingerprint density at radius 3 is 2.62 bits per heavy atom. The quantitative estimate of drug-likeness (QED) is 0.784. The first kappa shape index (κ1) is 17.1. The van der Waals surface area contributed by atoms with Gasteiger partial charge in [0.1, 0.15) is 0 Å². The minimum Gasteiger partial charge on any atom is -0.380 e. The number of methoxy groups -OCH3 is 1. The molecule has 6 nitrogen and oxygen atoms in total. The molecule has 0 heterocycles. The summed E-state index contributed by atoms with van der Waals surface area (Å²) in [5, 5.41) is 2.84. The molecule has 1 rings (SSSR count). The summed E-state index contributed by atoms with van der Waals surface area (Å²) in [6, 6.07) is 7.40. The molecule has 1 unspecified atom stereocenters. The van der Waals surface area contributed by atoms with Crippen molar-refractivity contribution >= 4 is 17.5 Å². The van der Waals surface area contributed by atoms with Crippen LogP contribution in [0.4, 0.5) is 5.69 Å². The lowest BCUT2D eigenvalue weighted by Crippen LogP contribution is -2.29. The highest BCUT2D eigenvalue weighted by atomic mass is 16.5. The van der Waals surface area contributed by atoms with Gasteiger partial charge in [0.2, 0.25) is 11.8 Å². The van der Waals surface area contributed by atoms with Gasteiger partial charge in [-0.05, 0) is 11.6 Å². The summed E-state index contributed by atoms with van der Waals surface area (Å²) in [5.41, 5.74) is 7.08. The summed E-state index contributed by atoms with van der Waals surface area (Å²) in [4.78, 5) is 24.9. The maximum atomic E-state index is 12.0. The molecule has 0 aliphatic heterocycles. The third-order valence-corrected chi connectivity index (χ3v) is 3.25. The molecule has 0 fully saturated rings. The molecule has 0 saturated heterocycles. The zero-order valence-electron chi connectivity index (χ0n) is 12.8. The number of nitrogens with two attached hydrogens (primary N) is 1. The predicted octanol–water partition coefficient (Wildman–Crippen LogP) is 0.967. The molecule has 0 bridgehead atoms. The second kappa shape index (κ2) is 8.39. The number of amides is 2. The molecule has 0 radical (unpaired) electrons. The van der Waals surface area contributed by atoms with Crippen molar-refractivity contribution in [2.45, 2.75) is 26.0 Å². The van der Waals surface area contributed by atoms with Crippen molar-refractivity contribution in [1.29, 1.82) is 0 Å². The molecule has 116 valence electrons. The summed E-state index contributed by atoms with van der Waals surface area (Å²) in [6.07, 6.45) is -0.0961. The lowest BCUT2D eigenvalue weighted by Gasteiger charge is -2.18. The number of carbonyl (C=O) groups excluding carboxylic acids is 2. The van der Waals surface area contributed by atoms with Crippen molar-refractivity contribution in [3.05, 3.63) is 29.8 Å². The normalized spacial score (nSPS) is 11.8. The Bertz CT molecular complexity index is 487. The van der Waals surface area contributed by atoms with E-state index in [2.05, 4.69) is 5.32 Å². The van der Waals surface area contributed by atoms with Gasteiger partial charge in [-0.3, -0.25) is 9.59 Å². The molecule has 6 heteroatoms. The molecule has 0 aromatic heterocycles. The molecule has 1 aromatic rings. The number of anilines is 1. The molecule has 0 aliphatic rings. The molecule has 2 amide bonds. The van der Waals surface area contributed by atoms with Crippen molar-refractivity contribution in [2.75, 3.05) is 26.0 Å². The predicted molar refractivity (Wildman–Crippen MR) is 81.7 cm³/mol. The molecule has 21 heavy (non-hydrogen) atoms. The van der Waals surface area contributed by atoms with Gasteiger partial charge in [0.15, 0.2) is 0 Å². The van der Waals surface area contributed by atoms with Crippen LogP contribution in [0.1, 0.15) is 18.9 Å². The summed E-state index contributed by atoms with van der Waals surface area (Å²) < 4.78 is 5.10. The maximum absolute atomic E-state index is 12.0. The highest BCUT2D eigenvalue weighted by molar-refractivity contribution is 5.91. The second-order valence-corrected chi connectivity index (χ2v) is 4.88. The van der Waals surface area contributed by atoms with E-state index in [-0.39, 0.29) is 24.3 Å². The number of nitrogens with one attached hydrogen (secondary N) is 1. The summed E-state index contributed by atoms with van der Waals surface area (Å²) in [5.74, 6) is -0.191. The van der Waals surface area contributed by atoms with Gasteiger partial charge >= 0.3 is 0 Å². The molecule has 0 aliphatic carbocycles. The van der Waals surface area contributed by atoms with E-state index in [1.807, 2.05) is 24.3 Å². The van der Waals surface area contributed by atoms with Gasteiger partial charge in [-0.25, -0.2) is 0 Å². The third-order valence-electron chi connectivity index (χ3n) is 3.25. The topological polar surface area (TPSA) is 84.7 Å². The fourth-order valence-corrected chi connectivity index (χ4v) is 1.82. The van der Waals surface area contributed by atoms with Crippen LogP contribution in [0.25, 0.3) is 0 Å². The Morgan fingerprint density at radius 1 is 1.38 bits per heavy atom. The van der Waals surface area contributed by atoms with Crippen LogP contribution in [0.15, 0.2) is 24.3 Å². The number of hydrogen-bond acceptors (Lipinski definition) is 4. The van der Waals surface area contributed by atoms with Crippen LogP contribution in [0.2, 0.25) is 0 Å². The lowest BCUT2D eigenvalue weighted by molar-refractivity contribution is -0.128. The third kappa shape index (κ3) is 5.53. The Labute approximate surface area is 125 Å². The highest BCUT2D eigenvalue weighted by Crippen LogP contribution is 2.17. The Hall–Kier alpha value is -1.92. The summed E-state index contributed by atoms with van der Waals surface area (Å²) in [6.45, 7) is 2.24. The van der Waals surface area contributed by atoms with Crippen molar-refractivity contribution in [3.63, 3.8) is 0 Å². The molecule has 0 saturated carbocycles. The molecule has 3 N–H and O–H groups in total. The van der Waals surface area contributed by atoms with Gasteiger partial charge in [0.05, 0.1) is 12.5 Å². The number of hydrogen-bond donors (Lipinski definition) is 2. The number of para-hydroxylation sites is 1. The van der Waals surface area contributed by atoms with E-state index in [0.29, 0.717) is 18.8 Å². The fourth-order valence-electron chi connectivity index (χ4n) is 1.82. The molecular weight excluding hydrogens is 270 g/mol. The first-order chi connectivity index (χ1) is 9.97. The average Bonchev–Trinajstić information content (AvgIpc) is 2.46. The van der Waals surface area contributed by atoms with E-state index in [4.69, 9.17) is 10.5 Å². The zero-order chi connectivity index (χ0) is 15.8. The molecular formula is C15H23N3O3. The van der Waals surface area contributed by atoms with E-state index in [9.17, 15) is 9.59 Å². The van der Waals surface area contributed by atoms with Crippen molar-refractivity contribution in [1.82, 2.24) is 4.90 Å². The largest absolute Gasteiger partial charge is 0.380 e. The van der Waals surface area contributed by atoms with E-state index in [1.54, 1.807) is 11.9 Å². The monoisotopic (exact) mass is 293 g/mol. The molecule has 1 atom stereocenters. The summed E-state index contributed by atoms with van der Waals surface area (Å²) in [7, 11) is 3.25. The highest BCUT2D eigenvalue weighted by Gasteiger charge is 2.14. The van der Waals surface area contributed by atoms with E-state index >= 15 is 0 Å². The Morgan fingerprint density at radius 2 is 2.05 bits per heavy atom. The molecule has 1 aromatic carbocycles. The zero-order valence-corrected chi connectivity index (χ0v) is 12.8. The van der Waals surface area contributed by atoms with E-state index in [0.717, 1.165) is 5.56 Å². The van der Waals surface area contributed by atoms with Crippen LogP contribution in [-0.4, -0.2) is 43.5 Å². The van der Waals surface area contributed by atoms with Crippen molar-refractivity contribution in [2.24, 2.45) is 5.73 Å². The van der Waals surface area contributed by atoms with Gasteiger partial charge in [-0.15, -0.1) is 0 Å². The Kier molecular flexibility index (Phi) is 6.84. The number of nitrogens with zero attached hydrogens (tertiary/aromatic N) is 1. The van der Waals surface area contributed by atoms with Crippen LogP contribution < -0.4 is 11.1 Å². The van der Waals surface area contributed by atoms with Crippen molar-refractivity contribution in [3.8, 4) is 0 Å². The number of ether oxygens (including phenoxy) is 1. The van der Waals surface area contributed by atoms with E-state index < -0.39 is 0 Å². The second-order valence-electron chi connectivity index (χ2n) is 4.88. The van der Waals surface area contributed by atoms with Crippen LogP contribution in [0.5, 0.6) is 0 Å². The minimum absolute atomic E-state index is 0.0290. The van der Waals surface area contributed by atoms with Gasteiger partial charge in [0.25, 0.3) is 0 Å². The van der Waals surface area contributed by atoms with Gasteiger partial charge in [0, 0.05) is 39.9 Å². The van der Waals surface area contributed by atoms with Gasteiger partial charge < -0.3 is 20.7 Å². The summed E-state index contributed by atoms with van der Waals surface area (Å²) >= 11 is 0. The van der Waals surface area contributed by atoms with Crippen LogP contribution in [0.3, 0.4) is 0 Å². The first-order valence-corrected chi connectivity index (χ1v) is 6.80. The average molecular weight is 293 g/mol. The van der Waals surface area contributed by atoms with Crippen LogP contribution >= 0.6 is 0 Å². The fraction of sp³-hybridized carbons (Fsp3) is 0.467. The lowest BCUT2D eigenvalue weighted by atomic mass is 10.1. The van der Waals surface area contributed by atoms with Gasteiger partial charge in [-0.2, -0.15) is 0 Å². The number of rotatable bonds is 7. The van der Waals surface area contributed by atoms with Gasteiger partial charge in [-0.1, -0.05) is 18.2 Å². The maximum Gasteiger partial charge on any atom is 0.227 e. The Balaban J connectivity index is 2.74. The van der Waals surface area contributed by atoms with Crippen LogP contribution in [-0.2, 0) is 20.9 Å². The number of benzene rings is 1. The van der Waals surface area contributed by atoms with Crippen LogP contribution in [0, 0.1) is 0 Å². The van der Waals surface area contributed by atoms with Crippen molar-refractivity contribution < 1.29 is 14.3 Å². The molecule has 0 spiro atoms. The number of carbonyl (C=O) groups is 2. The SMILES string of the molecule is COC(CN)CC(=O)Nc1ccccc1CN(C)C(C)=O. The standard InChI is InChI=1S/C15H23N3O3/c1-11(19)18(2)10-12-6-4-5-7-14(12)17-15(20)8-13(9-16)21-3/h4-7,13H,8-10,16H2,1-3H3,(H,17,20). The minimum atomic E-state index is -0.294.